The van der Waals surface area contributed by atoms with Crippen molar-refractivity contribution in [2.75, 3.05) is 26.7 Å². The number of aryl methyl sites for hydroxylation is 1. The Morgan fingerprint density at radius 1 is 1.19 bits per heavy atom. The third kappa shape index (κ3) is 2.73. The van der Waals surface area contributed by atoms with Crippen molar-refractivity contribution in [2.45, 2.75) is 19.4 Å². The summed E-state index contributed by atoms with van der Waals surface area (Å²) in [5, 5.41) is 3.50. The number of amides is 3. The van der Waals surface area contributed by atoms with Crippen LogP contribution in [-0.2, 0) is 9.59 Å². The zero-order valence-electron chi connectivity index (χ0n) is 14.8. The van der Waals surface area contributed by atoms with Crippen molar-refractivity contribution in [3.05, 3.63) is 35.6 Å². The SMILES string of the molecule is CNC(=O)C1CC(=O)N(C2CN(C(=O)c3cc4cc(C)ccc4o3)C2)C1. The number of rotatable bonds is 3. The van der Waals surface area contributed by atoms with Gasteiger partial charge in [0.25, 0.3) is 5.91 Å². The maximum atomic E-state index is 12.6. The van der Waals surface area contributed by atoms with E-state index in [0.29, 0.717) is 31.0 Å². The van der Waals surface area contributed by atoms with E-state index >= 15 is 0 Å². The summed E-state index contributed by atoms with van der Waals surface area (Å²) >= 11 is 0. The van der Waals surface area contributed by atoms with Crippen molar-refractivity contribution in [3.8, 4) is 0 Å². The highest BCUT2D eigenvalue weighted by atomic mass is 16.3. The fourth-order valence-corrected chi connectivity index (χ4v) is 3.71. The molecule has 26 heavy (non-hydrogen) atoms. The number of furan rings is 1. The van der Waals surface area contributed by atoms with Gasteiger partial charge < -0.3 is 19.5 Å². The monoisotopic (exact) mass is 355 g/mol. The summed E-state index contributed by atoms with van der Waals surface area (Å²) in [4.78, 5) is 39.9. The third-order valence-electron chi connectivity index (χ3n) is 5.25. The van der Waals surface area contributed by atoms with Gasteiger partial charge in [-0.2, -0.15) is 0 Å². The van der Waals surface area contributed by atoms with Gasteiger partial charge in [-0.15, -0.1) is 0 Å². The van der Waals surface area contributed by atoms with Gasteiger partial charge in [0.05, 0.1) is 12.0 Å². The van der Waals surface area contributed by atoms with Crippen molar-refractivity contribution in [2.24, 2.45) is 5.92 Å². The van der Waals surface area contributed by atoms with Gasteiger partial charge in [0.1, 0.15) is 5.58 Å². The quantitative estimate of drug-likeness (QED) is 0.896. The molecule has 0 aliphatic carbocycles. The maximum Gasteiger partial charge on any atom is 0.289 e. The molecule has 3 amide bonds. The van der Waals surface area contributed by atoms with Gasteiger partial charge in [-0.05, 0) is 25.1 Å². The van der Waals surface area contributed by atoms with Crippen LogP contribution in [0.1, 0.15) is 22.5 Å². The van der Waals surface area contributed by atoms with Gasteiger partial charge in [0.2, 0.25) is 11.8 Å². The van der Waals surface area contributed by atoms with Crippen molar-refractivity contribution in [1.29, 1.82) is 0 Å². The second-order valence-electron chi connectivity index (χ2n) is 7.08. The molecule has 2 aromatic rings. The molecule has 7 nitrogen and oxygen atoms in total. The Kier molecular flexibility index (Phi) is 3.94. The molecule has 1 unspecified atom stereocenters. The number of likely N-dealkylation sites (tertiary alicyclic amines) is 2. The topological polar surface area (TPSA) is 82.9 Å². The van der Waals surface area contributed by atoms with Gasteiger partial charge in [-0.1, -0.05) is 11.6 Å². The molecule has 0 saturated carbocycles. The lowest BCUT2D eigenvalue weighted by molar-refractivity contribution is -0.132. The van der Waals surface area contributed by atoms with Gasteiger partial charge in [0, 0.05) is 38.5 Å². The first kappa shape index (κ1) is 16.6. The molecular formula is C19H21N3O4. The van der Waals surface area contributed by atoms with Crippen molar-refractivity contribution in [1.82, 2.24) is 15.1 Å². The average Bonchev–Trinajstić information content (AvgIpc) is 3.16. The molecule has 0 radical (unpaired) electrons. The van der Waals surface area contributed by atoms with E-state index < -0.39 is 0 Å². The number of hydrogen-bond acceptors (Lipinski definition) is 4. The molecule has 2 saturated heterocycles. The first-order valence-electron chi connectivity index (χ1n) is 8.77. The van der Waals surface area contributed by atoms with E-state index in [0.717, 1.165) is 10.9 Å². The number of fused-ring (bicyclic) bond motifs is 1. The third-order valence-corrected chi connectivity index (χ3v) is 5.25. The molecule has 0 bridgehead atoms. The number of hydrogen-bond donors (Lipinski definition) is 1. The van der Waals surface area contributed by atoms with Crippen LogP contribution in [0.25, 0.3) is 11.0 Å². The lowest BCUT2D eigenvalue weighted by Crippen LogP contribution is -2.61. The smallest absolute Gasteiger partial charge is 0.289 e. The summed E-state index contributed by atoms with van der Waals surface area (Å²) in [5.41, 5.74) is 1.80. The molecule has 1 aromatic carbocycles. The van der Waals surface area contributed by atoms with Crippen LogP contribution in [0.4, 0.5) is 0 Å². The lowest BCUT2D eigenvalue weighted by Gasteiger charge is -2.43. The highest BCUT2D eigenvalue weighted by Gasteiger charge is 2.43. The fourth-order valence-electron chi connectivity index (χ4n) is 3.71. The Morgan fingerprint density at radius 2 is 1.96 bits per heavy atom. The zero-order valence-corrected chi connectivity index (χ0v) is 14.8. The Labute approximate surface area is 150 Å². The molecular weight excluding hydrogens is 334 g/mol. The van der Waals surface area contributed by atoms with Crippen LogP contribution in [0.2, 0.25) is 0 Å². The molecule has 2 aliphatic heterocycles. The first-order chi connectivity index (χ1) is 12.5. The van der Waals surface area contributed by atoms with Crippen LogP contribution < -0.4 is 5.32 Å². The van der Waals surface area contributed by atoms with Crippen LogP contribution in [0, 0.1) is 12.8 Å². The number of nitrogens with zero attached hydrogens (tertiary/aromatic N) is 2. The summed E-state index contributed by atoms with van der Waals surface area (Å²) in [6, 6.07) is 7.54. The normalized spacial score (nSPS) is 20.5. The van der Waals surface area contributed by atoms with E-state index in [1.165, 1.54) is 0 Å². The molecule has 0 spiro atoms. The molecule has 1 N–H and O–H groups in total. The van der Waals surface area contributed by atoms with E-state index in [-0.39, 0.29) is 36.1 Å². The largest absolute Gasteiger partial charge is 0.451 e. The number of benzene rings is 1. The van der Waals surface area contributed by atoms with Gasteiger partial charge in [-0.3, -0.25) is 14.4 Å². The second-order valence-corrected chi connectivity index (χ2v) is 7.08. The number of carbonyl (C=O) groups excluding carboxylic acids is 3. The Morgan fingerprint density at radius 3 is 2.69 bits per heavy atom. The molecule has 136 valence electrons. The van der Waals surface area contributed by atoms with Crippen molar-refractivity contribution >= 4 is 28.7 Å². The summed E-state index contributed by atoms with van der Waals surface area (Å²) in [6.45, 7) is 3.37. The second kappa shape index (κ2) is 6.16. The minimum absolute atomic E-state index is 0.0186. The molecule has 2 aliphatic rings. The van der Waals surface area contributed by atoms with Crippen LogP contribution in [-0.4, -0.2) is 60.2 Å². The van der Waals surface area contributed by atoms with Crippen molar-refractivity contribution in [3.63, 3.8) is 0 Å². The van der Waals surface area contributed by atoms with E-state index in [1.54, 1.807) is 22.9 Å². The number of nitrogens with one attached hydrogen (secondary N) is 1. The number of carbonyl (C=O) groups is 3. The van der Waals surface area contributed by atoms with Crippen LogP contribution >= 0.6 is 0 Å². The molecule has 4 rings (SSSR count). The van der Waals surface area contributed by atoms with Crippen LogP contribution in [0.15, 0.2) is 28.7 Å². The van der Waals surface area contributed by atoms with Crippen LogP contribution in [0.3, 0.4) is 0 Å². The predicted octanol–water partition coefficient (Wildman–Crippen LogP) is 1.16. The molecule has 7 heteroatoms. The van der Waals surface area contributed by atoms with Gasteiger partial charge >= 0.3 is 0 Å². The lowest BCUT2D eigenvalue weighted by atomic mass is 10.1. The summed E-state index contributed by atoms with van der Waals surface area (Å²) in [7, 11) is 1.58. The van der Waals surface area contributed by atoms with E-state index in [2.05, 4.69) is 5.32 Å². The van der Waals surface area contributed by atoms with Crippen LogP contribution in [0.5, 0.6) is 0 Å². The Hall–Kier alpha value is -2.83. The first-order valence-corrected chi connectivity index (χ1v) is 8.77. The van der Waals surface area contributed by atoms with Gasteiger partial charge in [0.15, 0.2) is 5.76 Å². The van der Waals surface area contributed by atoms with E-state index in [4.69, 9.17) is 4.42 Å². The molecule has 2 fully saturated rings. The summed E-state index contributed by atoms with van der Waals surface area (Å²) < 4.78 is 5.66. The maximum absolute atomic E-state index is 12.6. The summed E-state index contributed by atoms with van der Waals surface area (Å²) in [6.07, 6.45) is 0.243. The predicted molar refractivity (Wildman–Crippen MR) is 94.5 cm³/mol. The minimum atomic E-state index is -0.295. The zero-order chi connectivity index (χ0) is 18.4. The minimum Gasteiger partial charge on any atom is -0.451 e. The summed E-state index contributed by atoms with van der Waals surface area (Å²) in [5.74, 6) is -0.263. The van der Waals surface area contributed by atoms with Crippen molar-refractivity contribution < 1.29 is 18.8 Å². The average molecular weight is 355 g/mol. The fraction of sp³-hybridized carbons (Fsp3) is 0.421. The molecule has 1 aromatic heterocycles. The van der Waals surface area contributed by atoms with E-state index in [9.17, 15) is 14.4 Å². The Bertz CT molecular complexity index is 897. The Balaban J connectivity index is 1.40. The molecule has 1 atom stereocenters. The molecule has 3 heterocycles. The standard InChI is InChI=1S/C19H21N3O4/c1-11-3-4-15-12(5-11)6-16(26-15)19(25)21-9-14(10-21)22-8-13(7-17(22)23)18(24)20-2/h3-6,13-14H,7-10H2,1-2H3,(H,20,24). The highest BCUT2D eigenvalue weighted by Crippen LogP contribution is 2.27. The van der Waals surface area contributed by atoms with Gasteiger partial charge in [-0.25, -0.2) is 0 Å². The van der Waals surface area contributed by atoms with E-state index in [1.807, 2.05) is 25.1 Å². The highest BCUT2D eigenvalue weighted by molar-refractivity contribution is 5.97.